The fourth-order valence-corrected chi connectivity index (χ4v) is 1.33. The number of ether oxygens (including phenoxy) is 1. The molecule has 0 fully saturated rings. The van der Waals surface area contributed by atoms with E-state index in [1.165, 1.54) is 0 Å². The van der Waals surface area contributed by atoms with Gasteiger partial charge < -0.3 is 15.2 Å². The molecule has 0 aliphatic heterocycles. The van der Waals surface area contributed by atoms with Gasteiger partial charge in [-0.1, -0.05) is 30.3 Å². The van der Waals surface area contributed by atoms with Crippen molar-refractivity contribution in [3.8, 4) is 0 Å². The first-order chi connectivity index (χ1) is 7.74. The van der Waals surface area contributed by atoms with Crippen molar-refractivity contribution in [2.45, 2.75) is 19.4 Å². The summed E-state index contributed by atoms with van der Waals surface area (Å²) in [6.45, 7) is 2.50. The quantitative estimate of drug-likeness (QED) is 0.801. The van der Waals surface area contributed by atoms with Gasteiger partial charge in [0.05, 0.1) is 12.7 Å². The van der Waals surface area contributed by atoms with Gasteiger partial charge in [-0.25, -0.2) is 4.79 Å². The number of rotatable bonds is 5. The summed E-state index contributed by atoms with van der Waals surface area (Å²) in [4.78, 5) is 10.9. The molecule has 0 unspecified atom stereocenters. The molecule has 0 saturated heterocycles. The summed E-state index contributed by atoms with van der Waals surface area (Å²) in [5, 5.41) is 12.3. The molecule has 0 aliphatic carbocycles. The van der Waals surface area contributed by atoms with Crippen molar-refractivity contribution in [3.05, 3.63) is 35.9 Å². The highest BCUT2D eigenvalue weighted by Crippen LogP contribution is 2.14. The highest BCUT2D eigenvalue weighted by atomic mass is 16.5. The van der Waals surface area contributed by atoms with Crippen LogP contribution in [0.1, 0.15) is 25.0 Å². The lowest BCUT2D eigenvalue weighted by molar-refractivity contribution is 0.143. The lowest BCUT2D eigenvalue weighted by atomic mass is 10.1. The molecule has 0 aromatic heterocycles. The predicted molar refractivity (Wildman–Crippen MR) is 61.0 cm³/mol. The van der Waals surface area contributed by atoms with Crippen molar-refractivity contribution in [1.29, 1.82) is 0 Å². The van der Waals surface area contributed by atoms with Crippen molar-refractivity contribution in [2.24, 2.45) is 0 Å². The molecule has 1 rings (SSSR count). The van der Waals surface area contributed by atoms with E-state index in [1.807, 2.05) is 30.3 Å². The molecule has 0 saturated carbocycles. The van der Waals surface area contributed by atoms with Crippen LogP contribution in [0.5, 0.6) is 0 Å². The average Bonchev–Trinajstić information content (AvgIpc) is 2.30. The van der Waals surface area contributed by atoms with Crippen LogP contribution in [0.3, 0.4) is 0 Å². The summed E-state index contributed by atoms with van der Waals surface area (Å²) in [7, 11) is 0. The predicted octanol–water partition coefficient (Wildman–Crippen LogP) is 1.86. The lowest BCUT2D eigenvalue weighted by Crippen LogP contribution is -2.26. The third-order valence-electron chi connectivity index (χ3n) is 2.15. The van der Waals surface area contributed by atoms with Gasteiger partial charge in [0.2, 0.25) is 0 Å². The maximum atomic E-state index is 10.9. The van der Waals surface area contributed by atoms with Crippen LogP contribution >= 0.6 is 0 Å². The van der Waals surface area contributed by atoms with E-state index in [4.69, 9.17) is 4.74 Å². The third-order valence-corrected chi connectivity index (χ3v) is 2.15. The number of hydrogen-bond acceptors (Lipinski definition) is 3. The third kappa shape index (κ3) is 4.31. The molecule has 1 amide bonds. The van der Waals surface area contributed by atoms with E-state index in [1.54, 1.807) is 6.92 Å². The molecule has 0 heterocycles. The van der Waals surface area contributed by atoms with Crippen molar-refractivity contribution in [2.75, 3.05) is 13.2 Å². The van der Waals surface area contributed by atoms with E-state index in [0.29, 0.717) is 19.6 Å². The number of alkyl carbamates (subject to hydrolysis) is 1. The van der Waals surface area contributed by atoms with Gasteiger partial charge in [0, 0.05) is 6.54 Å². The van der Waals surface area contributed by atoms with Gasteiger partial charge in [-0.3, -0.25) is 0 Å². The van der Waals surface area contributed by atoms with Crippen molar-refractivity contribution in [1.82, 2.24) is 5.32 Å². The van der Waals surface area contributed by atoms with Gasteiger partial charge in [-0.05, 0) is 18.9 Å². The zero-order valence-corrected chi connectivity index (χ0v) is 9.35. The van der Waals surface area contributed by atoms with E-state index in [0.717, 1.165) is 5.56 Å². The number of carbonyl (C=O) groups excluding carboxylic acids is 1. The van der Waals surface area contributed by atoms with Gasteiger partial charge >= 0.3 is 6.09 Å². The molecule has 0 spiro atoms. The first-order valence-corrected chi connectivity index (χ1v) is 5.37. The average molecular weight is 223 g/mol. The minimum Gasteiger partial charge on any atom is -0.450 e. The Kier molecular flexibility index (Phi) is 5.36. The molecule has 4 heteroatoms. The summed E-state index contributed by atoms with van der Waals surface area (Å²) in [6.07, 6.45) is -0.520. The minimum atomic E-state index is -0.553. The van der Waals surface area contributed by atoms with Gasteiger partial charge in [-0.15, -0.1) is 0 Å². The maximum absolute atomic E-state index is 10.9. The fourth-order valence-electron chi connectivity index (χ4n) is 1.33. The molecule has 88 valence electrons. The Labute approximate surface area is 95.2 Å². The molecule has 0 bridgehead atoms. The number of amides is 1. The molecular formula is C12H17NO3. The van der Waals surface area contributed by atoms with Crippen LogP contribution in [0.4, 0.5) is 4.79 Å². The second-order valence-electron chi connectivity index (χ2n) is 3.36. The van der Waals surface area contributed by atoms with Gasteiger partial charge in [0.1, 0.15) is 0 Å². The Morgan fingerprint density at radius 1 is 1.44 bits per heavy atom. The van der Waals surface area contributed by atoms with E-state index < -0.39 is 12.2 Å². The maximum Gasteiger partial charge on any atom is 0.407 e. The van der Waals surface area contributed by atoms with E-state index in [-0.39, 0.29) is 0 Å². The van der Waals surface area contributed by atoms with E-state index in [9.17, 15) is 9.90 Å². The highest BCUT2D eigenvalue weighted by Gasteiger charge is 2.07. The number of hydrogen-bond donors (Lipinski definition) is 2. The second kappa shape index (κ2) is 6.85. The highest BCUT2D eigenvalue weighted by molar-refractivity contribution is 5.66. The summed E-state index contributed by atoms with van der Waals surface area (Å²) in [5.74, 6) is 0. The Morgan fingerprint density at radius 3 is 2.75 bits per heavy atom. The Balaban J connectivity index is 2.26. The smallest absolute Gasteiger partial charge is 0.407 e. The van der Waals surface area contributed by atoms with Crippen LogP contribution in [0, 0.1) is 0 Å². The molecule has 4 nitrogen and oxygen atoms in total. The first-order valence-electron chi connectivity index (χ1n) is 5.37. The molecule has 1 aromatic carbocycles. The van der Waals surface area contributed by atoms with E-state index in [2.05, 4.69) is 5.32 Å². The first kappa shape index (κ1) is 12.5. The van der Waals surface area contributed by atoms with Gasteiger partial charge in [0.25, 0.3) is 0 Å². The summed E-state index contributed by atoms with van der Waals surface area (Å²) in [5.41, 5.74) is 0.855. The fraction of sp³-hybridized carbons (Fsp3) is 0.417. The Hall–Kier alpha value is -1.55. The van der Waals surface area contributed by atoms with Crippen molar-refractivity contribution in [3.63, 3.8) is 0 Å². The number of aliphatic hydroxyl groups is 1. The second-order valence-corrected chi connectivity index (χ2v) is 3.36. The molecule has 2 N–H and O–H groups in total. The lowest BCUT2D eigenvalue weighted by Gasteiger charge is -2.11. The largest absolute Gasteiger partial charge is 0.450 e. The SMILES string of the molecule is CCOC(=O)NCC[C@H](O)c1ccccc1. The van der Waals surface area contributed by atoms with Crippen LogP contribution < -0.4 is 5.32 Å². The standard InChI is InChI=1S/C12H17NO3/c1-2-16-12(15)13-9-8-11(14)10-6-4-3-5-7-10/h3-7,11,14H,2,8-9H2,1H3,(H,13,15)/t11-/m0/s1. The minimum absolute atomic E-state index is 0.354. The van der Waals surface area contributed by atoms with Crippen LogP contribution in [0.2, 0.25) is 0 Å². The van der Waals surface area contributed by atoms with Crippen LogP contribution in [-0.4, -0.2) is 24.4 Å². The molecule has 0 radical (unpaired) electrons. The number of benzene rings is 1. The number of carbonyl (C=O) groups is 1. The summed E-state index contributed by atoms with van der Waals surface area (Å²) >= 11 is 0. The molecule has 1 aromatic rings. The molecule has 16 heavy (non-hydrogen) atoms. The van der Waals surface area contributed by atoms with Crippen molar-refractivity contribution >= 4 is 6.09 Å². The van der Waals surface area contributed by atoms with Crippen LogP contribution in [0.25, 0.3) is 0 Å². The van der Waals surface area contributed by atoms with E-state index >= 15 is 0 Å². The number of aliphatic hydroxyl groups excluding tert-OH is 1. The van der Waals surface area contributed by atoms with Crippen LogP contribution in [-0.2, 0) is 4.74 Å². The number of nitrogens with one attached hydrogen (secondary N) is 1. The Bertz CT molecular complexity index is 313. The van der Waals surface area contributed by atoms with Crippen LogP contribution in [0.15, 0.2) is 30.3 Å². The van der Waals surface area contributed by atoms with Gasteiger partial charge in [-0.2, -0.15) is 0 Å². The zero-order chi connectivity index (χ0) is 11.8. The zero-order valence-electron chi connectivity index (χ0n) is 9.35. The van der Waals surface area contributed by atoms with Gasteiger partial charge in [0.15, 0.2) is 0 Å². The van der Waals surface area contributed by atoms with Crippen molar-refractivity contribution < 1.29 is 14.6 Å². The summed E-state index contributed by atoms with van der Waals surface area (Å²) in [6, 6.07) is 9.35. The molecule has 0 aliphatic rings. The topological polar surface area (TPSA) is 58.6 Å². The monoisotopic (exact) mass is 223 g/mol. The molecular weight excluding hydrogens is 206 g/mol. The normalized spacial score (nSPS) is 11.9. The molecule has 1 atom stereocenters. The summed E-state index contributed by atoms with van der Waals surface area (Å²) < 4.78 is 4.70. The Morgan fingerprint density at radius 2 is 2.12 bits per heavy atom.